The molecule has 0 saturated heterocycles. The summed E-state index contributed by atoms with van der Waals surface area (Å²) in [4.78, 5) is 4.21. The number of methoxy groups -OCH3 is 1. The average molecular weight is 287 g/mol. The molecule has 0 saturated carbocycles. The summed E-state index contributed by atoms with van der Waals surface area (Å²) in [5.41, 5.74) is 2.18. The van der Waals surface area contributed by atoms with E-state index in [1.54, 1.807) is 20.4 Å². The minimum atomic E-state index is 0.648. The lowest BCUT2D eigenvalue weighted by atomic mass is 10.2. The summed E-state index contributed by atoms with van der Waals surface area (Å²) < 4.78 is 7.17. The summed E-state index contributed by atoms with van der Waals surface area (Å²) in [6.45, 7) is 1.32. The Hall–Kier alpha value is -2.50. The number of para-hydroxylation sites is 1. The second kappa shape index (κ2) is 7.33. The van der Waals surface area contributed by atoms with Crippen LogP contribution in [0.1, 0.15) is 11.3 Å². The lowest BCUT2D eigenvalue weighted by Crippen LogP contribution is -2.36. The number of ether oxygens (including phenoxy) is 1. The van der Waals surface area contributed by atoms with E-state index in [2.05, 4.69) is 20.7 Å². The van der Waals surface area contributed by atoms with E-state index < -0.39 is 0 Å². The van der Waals surface area contributed by atoms with E-state index in [0.717, 1.165) is 23.0 Å². The lowest BCUT2D eigenvalue weighted by molar-refractivity contribution is 0.409. The van der Waals surface area contributed by atoms with Crippen LogP contribution in [0, 0.1) is 0 Å². The van der Waals surface area contributed by atoms with Gasteiger partial charge in [0.2, 0.25) is 0 Å². The predicted octanol–water partition coefficient (Wildman–Crippen LogP) is 1.29. The normalized spacial score (nSPS) is 11.3. The molecule has 6 heteroatoms. The number of aryl methyl sites for hydroxylation is 1. The molecular weight excluding hydrogens is 266 g/mol. The number of hydrogen-bond donors (Lipinski definition) is 2. The standard InChI is InChI=1S/C15H21N5O/c1-16-15(18-11-13-8-9-19-20(13)2)17-10-12-6-4-5-7-14(12)21-3/h4-9H,10-11H2,1-3H3,(H2,16,17,18). The van der Waals surface area contributed by atoms with Crippen molar-refractivity contribution in [1.29, 1.82) is 0 Å². The molecule has 0 fully saturated rings. The van der Waals surface area contributed by atoms with Crippen molar-refractivity contribution in [3.05, 3.63) is 47.8 Å². The number of hydrogen-bond acceptors (Lipinski definition) is 3. The Labute approximate surface area is 124 Å². The average Bonchev–Trinajstić information content (AvgIpc) is 2.93. The summed E-state index contributed by atoms with van der Waals surface area (Å²) in [6, 6.07) is 9.90. The largest absolute Gasteiger partial charge is 0.496 e. The van der Waals surface area contributed by atoms with E-state index in [0.29, 0.717) is 13.1 Å². The van der Waals surface area contributed by atoms with Gasteiger partial charge >= 0.3 is 0 Å². The molecule has 1 heterocycles. The molecule has 21 heavy (non-hydrogen) atoms. The molecule has 0 amide bonds. The first kappa shape index (κ1) is 14.9. The number of rotatable bonds is 5. The maximum atomic E-state index is 5.33. The van der Waals surface area contributed by atoms with Crippen LogP contribution in [-0.2, 0) is 20.1 Å². The van der Waals surface area contributed by atoms with Crippen LogP contribution in [0.2, 0.25) is 0 Å². The Kier molecular flexibility index (Phi) is 5.20. The Balaban J connectivity index is 1.90. The van der Waals surface area contributed by atoms with Gasteiger partial charge in [0.05, 0.1) is 19.3 Å². The highest BCUT2D eigenvalue weighted by Crippen LogP contribution is 2.16. The second-order valence-corrected chi connectivity index (χ2v) is 4.54. The highest BCUT2D eigenvalue weighted by molar-refractivity contribution is 5.79. The highest BCUT2D eigenvalue weighted by Gasteiger charge is 2.04. The first-order chi connectivity index (χ1) is 10.2. The number of nitrogens with zero attached hydrogens (tertiary/aromatic N) is 3. The number of guanidine groups is 1. The Morgan fingerprint density at radius 3 is 2.67 bits per heavy atom. The molecule has 0 radical (unpaired) electrons. The molecule has 0 unspecified atom stereocenters. The van der Waals surface area contributed by atoms with Crippen LogP contribution in [0.3, 0.4) is 0 Å². The maximum absolute atomic E-state index is 5.33. The third kappa shape index (κ3) is 3.98. The van der Waals surface area contributed by atoms with E-state index >= 15 is 0 Å². The summed E-state index contributed by atoms with van der Waals surface area (Å²) in [5.74, 6) is 1.61. The van der Waals surface area contributed by atoms with Crippen LogP contribution < -0.4 is 15.4 Å². The van der Waals surface area contributed by atoms with Crippen LogP contribution in [0.5, 0.6) is 5.75 Å². The number of aromatic nitrogens is 2. The molecule has 0 aliphatic carbocycles. The predicted molar refractivity (Wildman–Crippen MR) is 83.2 cm³/mol. The van der Waals surface area contributed by atoms with Gasteiger partial charge in [0.15, 0.2) is 5.96 Å². The van der Waals surface area contributed by atoms with Crippen LogP contribution in [0.25, 0.3) is 0 Å². The Bertz CT molecular complexity index is 606. The zero-order valence-electron chi connectivity index (χ0n) is 12.6. The number of nitrogens with one attached hydrogen (secondary N) is 2. The van der Waals surface area contributed by atoms with Gasteiger partial charge in [-0.05, 0) is 12.1 Å². The van der Waals surface area contributed by atoms with Crippen LogP contribution in [-0.4, -0.2) is 29.9 Å². The van der Waals surface area contributed by atoms with Crippen molar-refractivity contribution in [3.8, 4) is 5.75 Å². The Morgan fingerprint density at radius 2 is 2.00 bits per heavy atom. The van der Waals surface area contributed by atoms with Gasteiger partial charge in [0.1, 0.15) is 5.75 Å². The second-order valence-electron chi connectivity index (χ2n) is 4.54. The third-order valence-electron chi connectivity index (χ3n) is 3.22. The molecule has 0 atom stereocenters. The van der Waals surface area contributed by atoms with Crippen molar-refractivity contribution in [2.75, 3.05) is 14.2 Å². The first-order valence-corrected chi connectivity index (χ1v) is 6.78. The molecule has 2 N–H and O–H groups in total. The fourth-order valence-corrected chi connectivity index (χ4v) is 2.00. The van der Waals surface area contributed by atoms with Crippen LogP contribution >= 0.6 is 0 Å². The third-order valence-corrected chi connectivity index (χ3v) is 3.22. The van der Waals surface area contributed by atoms with Crippen molar-refractivity contribution < 1.29 is 4.74 Å². The van der Waals surface area contributed by atoms with Gasteiger partial charge in [-0.25, -0.2) is 0 Å². The van der Waals surface area contributed by atoms with E-state index in [1.807, 2.05) is 42.1 Å². The molecule has 0 bridgehead atoms. The van der Waals surface area contributed by atoms with Crippen LogP contribution in [0.15, 0.2) is 41.5 Å². The van der Waals surface area contributed by atoms with Gasteiger partial charge in [-0.3, -0.25) is 9.67 Å². The highest BCUT2D eigenvalue weighted by atomic mass is 16.5. The van der Waals surface area contributed by atoms with Gasteiger partial charge < -0.3 is 15.4 Å². The monoisotopic (exact) mass is 287 g/mol. The molecule has 2 aromatic rings. The number of aliphatic imine (C=N–C) groups is 1. The van der Waals surface area contributed by atoms with Gasteiger partial charge in [-0.1, -0.05) is 18.2 Å². The summed E-state index contributed by atoms with van der Waals surface area (Å²) >= 11 is 0. The van der Waals surface area contributed by atoms with Crippen molar-refractivity contribution >= 4 is 5.96 Å². The van der Waals surface area contributed by atoms with Gasteiger partial charge in [0.25, 0.3) is 0 Å². The van der Waals surface area contributed by atoms with E-state index in [9.17, 15) is 0 Å². The van der Waals surface area contributed by atoms with Gasteiger partial charge in [0, 0.05) is 32.4 Å². The molecule has 0 aliphatic heterocycles. The molecule has 6 nitrogen and oxygen atoms in total. The van der Waals surface area contributed by atoms with Crippen molar-refractivity contribution in [2.45, 2.75) is 13.1 Å². The molecular formula is C15H21N5O. The SMILES string of the molecule is CN=C(NCc1ccccc1OC)NCc1ccnn1C. The smallest absolute Gasteiger partial charge is 0.191 e. The minimum absolute atomic E-state index is 0.648. The fourth-order valence-electron chi connectivity index (χ4n) is 2.00. The molecule has 2 rings (SSSR count). The summed E-state index contributed by atoms with van der Waals surface area (Å²) in [6.07, 6.45) is 1.78. The van der Waals surface area contributed by atoms with E-state index in [1.165, 1.54) is 0 Å². The minimum Gasteiger partial charge on any atom is -0.496 e. The fraction of sp³-hybridized carbons (Fsp3) is 0.333. The topological polar surface area (TPSA) is 63.5 Å². The van der Waals surface area contributed by atoms with Gasteiger partial charge in [-0.15, -0.1) is 0 Å². The molecule has 1 aromatic carbocycles. The van der Waals surface area contributed by atoms with Crippen LogP contribution in [0.4, 0.5) is 0 Å². The first-order valence-electron chi connectivity index (χ1n) is 6.78. The molecule has 0 aliphatic rings. The summed E-state index contributed by atoms with van der Waals surface area (Å²) in [7, 11) is 5.34. The zero-order valence-corrected chi connectivity index (χ0v) is 12.6. The van der Waals surface area contributed by atoms with Gasteiger partial charge in [-0.2, -0.15) is 5.10 Å². The van der Waals surface area contributed by atoms with Crippen molar-refractivity contribution in [2.24, 2.45) is 12.0 Å². The quantitative estimate of drug-likeness (QED) is 0.642. The molecule has 112 valence electrons. The van der Waals surface area contributed by atoms with E-state index in [4.69, 9.17) is 4.74 Å². The zero-order chi connectivity index (χ0) is 15.1. The van der Waals surface area contributed by atoms with E-state index in [-0.39, 0.29) is 0 Å². The van der Waals surface area contributed by atoms with Crippen molar-refractivity contribution in [1.82, 2.24) is 20.4 Å². The lowest BCUT2D eigenvalue weighted by Gasteiger charge is -2.13. The maximum Gasteiger partial charge on any atom is 0.191 e. The summed E-state index contributed by atoms with van der Waals surface area (Å²) in [5, 5.41) is 10.7. The molecule has 0 spiro atoms. The Morgan fingerprint density at radius 1 is 1.24 bits per heavy atom. The number of benzene rings is 1. The van der Waals surface area contributed by atoms with Crippen molar-refractivity contribution in [3.63, 3.8) is 0 Å². The molecule has 1 aromatic heterocycles.